The molecule has 1 saturated heterocycles. The molecule has 1 amide bonds. The number of halogens is 1. The number of anilines is 1. The first-order chi connectivity index (χ1) is 8.15. The maximum atomic E-state index is 11.5. The summed E-state index contributed by atoms with van der Waals surface area (Å²) >= 11 is 5.90. The fraction of sp³-hybridized carbons (Fsp3) is 0.273. The fourth-order valence-electron chi connectivity index (χ4n) is 1.62. The van der Waals surface area contributed by atoms with Crippen molar-refractivity contribution in [3.8, 4) is 6.07 Å². The lowest BCUT2D eigenvalue weighted by Gasteiger charge is -2.13. The minimum Gasteiger partial charge on any atom is -0.443 e. The van der Waals surface area contributed by atoms with Crippen LogP contribution in [0.2, 0.25) is 5.02 Å². The van der Waals surface area contributed by atoms with Crippen LogP contribution < -0.4 is 10.6 Å². The number of nitrogens with two attached hydrogens (primary N) is 1. The highest BCUT2D eigenvalue weighted by atomic mass is 35.5. The van der Waals surface area contributed by atoms with Crippen LogP contribution in [0.1, 0.15) is 5.56 Å². The van der Waals surface area contributed by atoms with Gasteiger partial charge in [-0.2, -0.15) is 5.26 Å². The summed E-state index contributed by atoms with van der Waals surface area (Å²) in [4.78, 5) is 13.0. The highest BCUT2D eigenvalue weighted by molar-refractivity contribution is 6.32. The van der Waals surface area contributed by atoms with Crippen LogP contribution in [0.5, 0.6) is 0 Å². The number of hydrogen-bond donors (Lipinski definition) is 1. The van der Waals surface area contributed by atoms with E-state index in [1.807, 2.05) is 6.07 Å². The number of rotatable bonds is 2. The molecule has 0 saturated carbocycles. The first-order valence-electron chi connectivity index (χ1n) is 5.03. The van der Waals surface area contributed by atoms with E-state index in [1.54, 1.807) is 18.2 Å². The van der Waals surface area contributed by atoms with Crippen molar-refractivity contribution in [2.45, 2.75) is 6.10 Å². The Hall–Kier alpha value is -1.77. The van der Waals surface area contributed by atoms with Gasteiger partial charge in [0.1, 0.15) is 12.2 Å². The standard InChI is InChI=1S/C11H10ClN3O2/c12-10-3-8(2-1-7(10)4-13)15-6-9(5-14)17-11(15)16/h1-3,9H,5-6,14H2/t9-/m0/s1. The third-order valence-corrected chi connectivity index (χ3v) is 2.83. The predicted molar refractivity (Wildman–Crippen MR) is 62.8 cm³/mol. The molecule has 0 aliphatic carbocycles. The second-order valence-corrected chi connectivity index (χ2v) is 4.04. The first-order valence-corrected chi connectivity index (χ1v) is 5.41. The van der Waals surface area contributed by atoms with Crippen molar-refractivity contribution < 1.29 is 9.53 Å². The lowest BCUT2D eigenvalue weighted by molar-refractivity contribution is 0.145. The first kappa shape index (κ1) is 11.7. The molecule has 0 spiro atoms. The van der Waals surface area contributed by atoms with E-state index in [-0.39, 0.29) is 12.6 Å². The molecular formula is C11H10ClN3O2. The predicted octanol–water partition coefficient (Wildman–Crippen LogP) is 1.50. The van der Waals surface area contributed by atoms with E-state index in [2.05, 4.69) is 0 Å². The number of nitrogens with zero attached hydrogens (tertiary/aromatic N) is 2. The van der Waals surface area contributed by atoms with Crippen molar-refractivity contribution in [2.75, 3.05) is 18.0 Å². The van der Waals surface area contributed by atoms with Gasteiger partial charge >= 0.3 is 6.09 Å². The molecule has 88 valence electrons. The van der Waals surface area contributed by atoms with Crippen LogP contribution in [0.15, 0.2) is 18.2 Å². The van der Waals surface area contributed by atoms with Crippen molar-refractivity contribution in [3.05, 3.63) is 28.8 Å². The van der Waals surface area contributed by atoms with Crippen molar-refractivity contribution in [2.24, 2.45) is 5.73 Å². The Morgan fingerprint density at radius 1 is 1.65 bits per heavy atom. The molecule has 17 heavy (non-hydrogen) atoms. The number of carbonyl (C=O) groups is 1. The Morgan fingerprint density at radius 3 is 2.94 bits per heavy atom. The molecule has 2 N–H and O–H groups in total. The Kier molecular flexibility index (Phi) is 3.18. The number of amides is 1. The van der Waals surface area contributed by atoms with Gasteiger partial charge in [-0.1, -0.05) is 11.6 Å². The van der Waals surface area contributed by atoms with Gasteiger partial charge in [-0.15, -0.1) is 0 Å². The van der Waals surface area contributed by atoms with Crippen LogP contribution in [0.25, 0.3) is 0 Å². The van der Waals surface area contributed by atoms with E-state index in [0.717, 1.165) is 0 Å². The molecule has 1 aromatic rings. The van der Waals surface area contributed by atoms with Crippen molar-refractivity contribution in [1.82, 2.24) is 0 Å². The summed E-state index contributed by atoms with van der Waals surface area (Å²) in [5.41, 5.74) is 6.42. The fourth-order valence-corrected chi connectivity index (χ4v) is 1.83. The van der Waals surface area contributed by atoms with Crippen LogP contribution in [-0.2, 0) is 4.74 Å². The van der Waals surface area contributed by atoms with Crippen LogP contribution >= 0.6 is 11.6 Å². The Balaban J connectivity index is 2.27. The lowest BCUT2D eigenvalue weighted by Crippen LogP contribution is -2.27. The maximum Gasteiger partial charge on any atom is 0.414 e. The summed E-state index contributed by atoms with van der Waals surface area (Å²) in [5, 5.41) is 9.06. The maximum absolute atomic E-state index is 11.5. The summed E-state index contributed by atoms with van der Waals surface area (Å²) < 4.78 is 5.03. The Morgan fingerprint density at radius 2 is 2.41 bits per heavy atom. The smallest absolute Gasteiger partial charge is 0.414 e. The average Bonchev–Trinajstić information content (AvgIpc) is 2.70. The average molecular weight is 252 g/mol. The van der Waals surface area contributed by atoms with Crippen molar-refractivity contribution in [1.29, 1.82) is 5.26 Å². The van der Waals surface area contributed by atoms with Gasteiger partial charge in [-0.05, 0) is 18.2 Å². The largest absolute Gasteiger partial charge is 0.443 e. The molecule has 1 heterocycles. The molecule has 0 radical (unpaired) electrons. The molecular weight excluding hydrogens is 242 g/mol. The normalized spacial score (nSPS) is 19.0. The SMILES string of the molecule is N#Cc1ccc(N2C[C@H](CN)OC2=O)cc1Cl. The molecule has 0 aromatic heterocycles. The van der Waals surface area contributed by atoms with Gasteiger partial charge in [0.15, 0.2) is 0 Å². The van der Waals surface area contributed by atoms with E-state index in [1.165, 1.54) is 4.90 Å². The van der Waals surface area contributed by atoms with Gasteiger partial charge in [0, 0.05) is 12.2 Å². The summed E-state index contributed by atoms with van der Waals surface area (Å²) in [6.07, 6.45) is -0.738. The molecule has 0 unspecified atom stereocenters. The lowest BCUT2D eigenvalue weighted by atomic mass is 10.2. The summed E-state index contributed by atoms with van der Waals surface area (Å²) in [6, 6.07) is 6.75. The van der Waals surface area contributed by atoms with E-state index in [9.17, 15) is 4.79 Å². The zero-order chi connectivity index (χ0) is 12.4. The van der Waals surface area contributed by atoms with E-state index in [0.29, 0.717) is 22.8 Å². The molecule has 1 aliphatic heterocycles. The van der Waals surface area contributed by atoms with Gasteiger partial charge in [0.2, 0.25) is 0 Å². The summed E-state index contributed by atoms with van der Waals surface area (Å²) in [7, 11) is 0. The topological polar surface area (TPSA) is 79.3 Å². The monoisotopic (exact) mass is 251 g/mol. The second-order valence-electron chi connectivity index (χ2n) is 3.63. The molecule has 6 heteroatoms. The molecule has 0 bridgehead atoms. The number of hydrogen-bond acceptors (Lipinski definition) is 4. The van der Waals surface area contributed by atoms with Crippen LogP contribution in [0, 0.1) is 11.3 Å². The molecule has 2 rings (SSSR count). The van der Waals surface area contributed by atoms with Gasteiger partial charge in [-0.25, -0.2) is 4.79 Å². The zero-order valence-electron chi connectivity index (χ0n) is 8.89. The quantitative estimate of drug-likeness (QED) is 0.864. The minimum atomic E-state index is -0.443. The molecule has 1 atom stereocenters. The van der Waals surface area contributed by atoms with Gasteiger partial charge in [-0.3, -0.25) is 4.90 Å². The molecule has 5 nitrogen and oxygen atoms in total. The number of nitriles is 1. The summed E-state index contributed by atoms with van der Waals surface area (Å²) in [6.45, 7) is 0.684. The van der Waals surface area contributed by atoms with Crippen LogP contribution in [-0.4, -0.2) is 25.3 Å². The molecule has 1 aromatic carbocycles. The Labute approximate surface area is 103 Å². The van der Waals surface area contributed by atoms with Crippen LogP contribution in [0.4, 0.5) is 10.5 Å². The Bertz CT molecular complexity index is 498. The number of ether oxygens (including phenoxy) is 1. The van der Waals surface area contributed by atoms with Crippen molar-refractivity contribution in [3.63, 3.8) is 0 Å². The highest BCUT2D eigenvalue weighted by Gasteiger charge is 2.31. The second kappa shape index (κ2) is 4.62. The number of cyclic esters (lactones) is 1. The number of benzene rings is 1. The van der Waals surface area contributed by atoms with Gasteiger partial charge in [0.05, 0.1) is 17.1 Å². The third-order valence-electron chi connectivity index (χ3n) is 2.52. The van der Waals surface area contributed by atoms with E-state index >= 15 is 0 Å². The van der Waals surface area contributed by atoms with E-state index < -0.39 is 6.09 Å². The molecule has 1 fully saturated rings. The molecule has 1 aliphatic rings. The number of carbonyl (C=O) groups excluding carboxylic acids is 1. The summed E-state index contributed by atoms with van der Waals surface area (Å²) in [5.74, 6) is 0. The minimum absolute atomic E-state index is 0.284. The highest BCUT2D eigenvalue weighted by Crippen LogP contribution is 2.26. The van der Waals surface area contributed by atoms with Gasteiger partial charge in [0.25, 0.3) is 0 Å². The third kappa shape index (κ3) is 2.18. The van der Waals surface area contributed by atoms with Crippen molar-refractivity contribution >= 4 is 23.4 Å². The van der Waals surface area contributed by atoms with Gasteiger partial charge < -0.3 is 10.5 Å². The zero-order valence-corrected chi connectivity index (χ0v) is 9.65. The van der Waals surface area contributed by atoms with Crippen LogP contribution in [0.3, 0.4) is 0 Å². The van der Waals surface area contributed by atoms with E-state index in [4.69, 9.17) is 27.3 Å².